The number of azide groups is 1. The van der Waals surface area contributed by atoms with E-state index >= 15 is 0 Å². The van der Waals surface area contributed by atoms with Crippen molar-refractivity contribution in [3.63, 3.8) is 0 Å². The third kappa shape index (κ3) is 3.96. The second-order valence-corrected chi connectivity index (χ2v) is 7.63. The fourth-order valence-electron chi connectivity index (χ4n) is 3.67. The number of aromatic nitrogens is 1. The number of hydrogen-bond acceptors (Lipinski definition) is 5. The molecule has 1 aromatic rings. The van der Waals surface area contributed by atoms with Crippen molar-refractivity contribution in [2.24, 2.45) is 10.5 Å². The molecule has 0 spiro atoms. The average Bonchev–Trinajstić information content (AvgIpc) is 3.25. The average molecular weight is 451 g/mol. The molecule has 0 aromatic carbocycles. The molecule has 2 heterocycles. The summed E-state index contributed by atoms with van der Waals surface area (Å²) in [6.45, 7) is 4.33. The van der Waals surface area contributed by atoms with Crippen molar-refractivity contribution >= 4 is 33.7 Å². The van der Waals surface area contributed by atoms with E-state index < -0.39 is 23.5 Å². The normalized spacial score (nSPS) is 24.8. The van der Waals surface area contributed by atoms with Crippen LogP contribution in [0.25, 0.3) is 10.4 Å². The molecule has 0 unspecified atom stereocenters. The van der Waals surface area contributed by atoms with Crippen LogP contribution in [0.15, 0.2) is 34.5 Å². The van der Waals surface area contributed by atoms with Crippen molar-refractivity contribution < 1.29 is 19.4 Å². The van der Waals surface area contributed by atoms with Crippen LogP contribution in [-0.4, -0.2) is 52.2 Å². The quantitative estimate of drug-likeness (QED) is 0.156. The van der Waals surface area contributed by atoms with Gasteiger partial charge in [0.2, 0.25) is 5.91 Å². The molecule has 0 radical (unpaired) electrons. The number of anilines is 1. The van der Waals surface area contributed by atoms with E-state index in [9.17, 15) is 14.7 Å². The van der Waals surface area contributed by atoms with Crippen molar-refractivity contribution in [2.75, 3.05) is 18.5 Å². The molecule has 28 heavy (non-hydrogen) atoms. The van der Waals surface area contributed by atoms with Gasteiger partial charge in [-0.05, 0) is 40.4 Å². The molecule has 3 atom stereocenters. The van der Waals surface area contributed by atoms with Gasteiger partial charge in [0.05, 0.1) is 13.2 Å². The maximum Gasteiger partial charge on any atom is 0.408 e. The fourth-order valence-corrected chi connectivity index (χ4v) is 3.98. The standard InChI is InChI=1S/C17H19BrN6O4/c1-2-5-28-8-10-3-4-13(18)21-14(10)22-15(25)11-6-17(9-20-23-19)7-12(17)24(11)16(26)27/h2-4,11-12H,1,5-9H2,(H,26,27)(H,21,22,25)/t11-,12+,17-/m0/s1. The third-order valence-corrected chi connectivity index (χ3v) is 5.51. The van der Waals surface area contributed by atoms with E-state index in [4.69, 9.17) is 10.3 Å². The highest BCUT2D eigenvalue weighted by molar-refractivity contribution is 9.10. The molecule has 3 rings (SSSR count). The van der Waals surface area contributed by atoms with Crippen LogP contribution in [-0.2, 0) is 16.1 Å². The lowest BCUT2D eigenvalue weighted by Gasteiger charge is -2.24. The summed E-state index contributed by atoms with van der Waals surface area (Å²) in [7, 11) is 0. The van der Waals surface area contributed by atoms with Gasteiger partial charge in [0.1, 0.15) is 16.5 Å². The summed E-state index contributed by atoms with van der Waals surface area (Å²) in [6.07, 6.45) is 1.36. The highest BCUT2D eigenvalue weighted by Gasteiger charge is 2.67. The largest absolute Gasteiger partial charge is 0.465 e. The lowest BCUT2D eigenvalue weighted by atomic mass is 9.99. The number of halogens is 1. The van der Waals surface area contributed by atoms with Crippen molar-refractivity contribution in [1.29, 1.82) is 0 Å². The van der Waals surface area contributed by atoms with E-state index in [2.05, 4.69) is 42.8 Å². The Hall–Kier alpha value is -2.62. The van der Waals surface area contributed by atoms with Gasteiger partial charge in [-0.15, -0.1) is 6.58 Å². The van der Waals surface area contributed by atoms with Crippen LogP contribution in [0.4, 0.5) is 10.6 Å². The predicted molar refractivity (Wildman–Crippen MR) is 104 cm³/mol. The number of rotatable bonds is 8. The Labute approximate surface area is 169 Å². The first kappa shape index (κ1) is 20.1. The van der Waals surface area contributed by atoms with E-state index in [1.165, 1.54) is 0 Å². The van der Waals surface area contributed by atoms with Crippen molar-refractivity contribution in [1.82, 2.24) is 9.88 Å². The molecule has 2 amide bonds. The van der Waals surface area contributed by atoms with E-state index in [1.807, 2.05) is 0 Å². The zero-order valence-corrected chi connectivity index (χ0v) is 16.5. The van der Waals surface area contributed by atoms with E-state index in [1.54, 1.807) is 18.2 Å². The van der Waals surface area contributed by atoms with E-state index in [-0.39, 0.29) is 19.2 Å². The van der Waals surface area contributed by atoms with Crippen LogP contribution in [0.3, 0.4) is 0 Å². The SMILES string of the molecule is C=CCOCc1ccc(Br)nc1NC(=O)[C@@H]1C[C@@]2(CN=[N+]=[N-])C[C@H]2N1C(=O)O. The van der Waals surface area contributed by atoms with Crippen molar-refractivity contribution in [2.45, 2.75) is 31.5 Å². The first-order chi connectivity index (χ1) is 13.4. The topological polar surface area (TPSA) is 141 Å². The second-order valence-electron chi connectivity index (χ2n) is 6.82. The summed E-state index contributed by atoms with van der Waals surface area (Å²) < 4.78 is 5.95. The van der Waals surface area contributed by atoms with Gasteiger partial charge in [-0.3, -0.25) is 9.69 Å². The number of nitrogens with zero attached hydrogens (tertiary/aromatic N) is 5. The number of fused-ring (bicyclic) bond motifs is 1. The number of pyridine rings is 1. The molecule has 0 bridgehead atoms. The van der Waals surface area contributed by atoms with Crippen LogP contribution in [0.2, 0.25) is 0 Å². The zero-order valence-electron chi connectivity index (χ0n) is 14.9. The van der Waals surface area contributed by atoms with E-state index in [0.29, 0.717) is 35.4 Å². The smallest absolute Gasteiger partial charge is 0.408 e. The van der Waals surface area contributed by atoms with E-state index in [0.717, 1.165) is 4.90 Å². The lowest BCUT2D eigenvalue weighted by Crippen LogP contribution is -2.45. The Bertz CT molecular complexity index is 858. The summed E-state index contributed by atoms with van der Waals surface area (Å²) in [5, 5.41) is 15.9. The van der Waals surface area contributed by atoms with Crippen LogP contribution >= 0.6 is 15.9 Å². The maximum atomic E-state index is 12.9. The predicted octanol–water partition coefficient (Wildman–Crippen LogP) is 3.31. The molecule has 2 fully saturated rings. The van der Waals surface area contributed by atoms with Crippen LogP contribution in [0, 0.1) is 5.41 Å². The summed E-state index contributed by atoms with van der Waals surface area (Å²) in [5.74, 6) is -0.163. The number of likely N-dealkylation sites (tertiary alicyclic amines) is 1. The molecule has 1 saturated carbocycles. The summed E-state index contributed by atoms with van der Waals surface area (Å²) in [5.41, 5.74) is 8.78. The van der Waals surface area contributed by atoms with Gasteiger partial charge < -0.3 is 15.2 Å². The molecule has 10 nitrogen and oxygen atoms in total. The van der Waals surface area contributed by atoms with Gasteiger partial charge in [-0.2, -0.15) is 0 Å². The summed E-state index contributed by atoms with van der Waals surface area (Å²) >= 11 is 3.27. The molecule has 1 aliphatic heterocycles. The number of hydrogen-bond donors (Lipinski definition) is 2. The lowest BCUT2D eigenvalue weighted by molar-refractivity contribution is -0.120. The molecule has 1 saturated heterocycles. The van der Waals surface area contributed by atoms with Crippen LogP contribution in [0.1, 0.15) is 18.4 Å². The van der Waals surface area contributed by atoms with Gasteiger partial charge in [0.15, 0.2) is 0 Å². The number of nitrogens with one attached hydrogen (secondary N) is 1. The van der Waals surface area contributed by atoms with Crippen LogP contribution < -0.4 is 5.32 Å². The summed E-state index contributed by atoms with van der Waals surface area (Å²) in [6, 6.07) is 2.32. The minimum atomic E-state index is -1.16. The van der Waals surface area contributed by atoms with Crippen LogP contribution in [0.5, 0.6) is 0 Å². The third-order valence-electron chi connectivity index (χ3n) is 5.07. The number of carbonyl (C=O) groups is 2. The molecular weight excluding hydrogens is 432 g/mol. The number of carboxylic acid groups (broad SMARTS) is 1. The van der Waals surface area contributed by atoms with Crippen molar-refractivity contribution in [3.05, 3.63) is 45.4 Å². The Kier molecular flexibility index (Phi) is 5.87. The molecule has 1 aliphatic carbocycles. The van der Waals surface area contributed by atoms with Gasteiger partial charge in [-0.1, -0.05) is 17.3 Å². The second kappa shape index (κ2) is 8.17. The first-order valence-corrected chi connectivity index (χ1v) is 9.38. The molecule has 2 aliphatic rings. The van der Waals surface area contributed by atoms with Gasteiger partial charge in [0, 0.05) is 28.5 Å². The van der Waals surface area contributed by atoms with Gasteiger partial charge in [0.25, 0.3) is 0 Å². The number of ether oxygens (including phenoxy) is 1. The Morgan fingerprint density at radius 3 is 3.04 bits per heavy atom. The molecular formula is C17H19BrN6O4. The Balaban J connectivity index is 1.77. The Morgan fingerprint density at radius 1 is 1.57 bits per heavy atom. The highest BCUT2D eigenvalue weighted by atomic mass is 79.9. The van der Waals surface area contributed by atoms with Gasteiger partial charge >= 0.3 is 6.09 Å². The fraction of sp³-hybridized carbons (Fsp3) is 0.471. The molecule has 11 heteroatoms. The first-order valence-electron chi connectivity index (χ1n) is 8.59. The number of amides is 2. The maximum absolute atomic E-state index is 12.9. The monoisotopic (exact) mass is 450 g/mol. The number of carbonyl (C=O) groups excluding carboxylic acids is 1. The zero-order chi connectivity index (χ0) is 20.3. The minimum Gasteiger partial charge on any atom is -0.465 e. The van der Waals surface area contributed by atoms with Gasteiger partial charge in [-0.25, -0.2) is 9.78 Å². The molecule has 148 valence electrons. The molecule has 2 N–H and O–H groups in total. The summed E-state index contributed by atoms with van der Waals surface area (Å²) in [4.78, 5) is 32.8. The Morgan fingerprint density at radius 2 is 2.36 bits per heavy atom. The number of piperidine rings is 1. The van der Waals surface area contributed by atoms with Crippen molar-refractivity contribution in [3.8, 4) is 0 Å². The molecule has 1 aromatic heterocycles. The minimum absolute atomic E-state index is 0.178. The highest BCUT2D eigenvalue weighted by Crippen LogP contribution is 2.59.